The van der Waals surface area contributed by atoms with Crippen LogP contribution in [-0.2, 0) is 12.8 Å². The molecule has 1 aromatic rings. The van der Waals surface area contributed by atoms with Crippen LogP contribution in [0.2, 0.25) is 0 Å². The van der Waals surface area contributed by atoms with Gasteiger partial charge in [-0.2, -0.15) is 12.6 Å². The molecule has 24 heavy (non-hydrogen) atoms. The van der Waals surface area contributed by atoms with Crippen LogP contribution >= 0.6 is 24.4 Å². The van der Waals surface area contributed by atoms with Gasteiger partial charge < -0.3 is 10.2 Å². The van der Waals surface area contributed by atoms with Crippen LogP contribution in [0, 0.1) is 0 Å². The zero-order chi connectivity index (χ0) is 17.8. The molecule has 0 saturated heterocycles. The average Bonchev–Trinajstić information content (AvgIpc) is 2.60. The second-order valence-corrected chi connectivity index (χ2v) is 6.02. The lowest BCUT2D eigenvalue weighted by Crippen LogP contribution is -2.29. The molecule has 0 bridgehead atoms. The molecule has 12 heteroatoms. The second-order valence-electron chi connectivity index (χ2n) is 4.65. The van der Waals surface area contributed by atoms with E-state index in [1.54, 1.807) is 6.20 Å². The lowest BCUT2D eigenvalue weighted by Gasteiger charge is -2.16. The summed E-state index contributed by atoms with van der Waals surface area (Å²) in [6.45, 7) is 0.521. The molecule has 0 fully saturated rings. The van der Waals surface area contributed by atoms with Crippen molar-refractivity contribution in [1.82, 2.24) is 9.97 Å². The fourth-order valence-corrected chi connectivity index (χ4v) is 2.94. The fraction of sp³-hybridized carbons (Fsp3) is 0.667. The van der Waals surface area contributed by atoms with Gasteiger partial charge in [0.1, 0.15) is 5.03 Å². The van der Waals surface area contributed by atoms with Gasteiger partial charge in [0.05, 0.1) is 23.6 Å². The Kier molecular flexibility index (Phi) is 10.0. The molecular formula is C12H18N8O2S2. The third kappa shape index (κ3) is 7.26. The summed E-state index contributed by atoms with van der Waals surface area (Å²) in [7, 11) is 0. The van der Waals surface area contributed by atoms with E-state index < -0.39 is 12.2 Å². The van der Waals surface area contributed by atoms with Gasteiger partial charge in [0, 0.05) is 40.6 Å². The first-order chi connectivity index (χ1) is 11.6. The van der Waals surface area contributed by atoms with Crippen LogP contribution < -0.4 is 0 Å². The number of thiol groups is 1. The number of rotatable bonds is 11. The maximum absolute atomic E-state index is 9.84. The Morgan fingerprint density at radius 2 is 1.83 bits per heavy atom. The lowest BCUT2D eigenvalue weighted by molar-refractivity contribution is 0.0502. The van der Waals surface area contributed by atoms with E-state index in [0.717, 1.165) is 0 Å². The number of nitrogens with zero attached hydrogens (tertiary/aromatic N) is 8. The molecule has 10 nitrogen and oxygen atoms in total. The van der Waals surface area contributed by atoms with Crippen LogP contribution in [0.4, 0.5) is 0 Å². The van der Waals surface area contributed by atoms with Gasteiger partial charge in [0.2, 0.25) is 0 Å². The number of azide groups is 2. The number of hydrogen-bond acceptors (Lipinski definition) is 8. The maximum Gasteiger partial charge on any atom is 0.118 e. The lowest BCUT2D eigenvalue weighted by atomic mass is 10.3. The molecule has 2 atom stereocenters. The van der Waals surface area contributed by atoms with Crippen LogP contribution in [0.5, 0.6) is 0 Å². The quantitative estimate of drug-likeness (QED) is 0.178. The standard InChI is InChI=1S/C12H18N8O2S2/c13-19-16-3-1-8-5-15-9(2-4-17-20-14)12(18-8)24-7-11(22)10(21)6-23/h5,10-11,21-23H,1-4,6-7H2. The normalized spacial score (nSPS) is 12.8. The zero-order valence-corrected chi connectivity index (χ0v) is 14.5. The van der Waals surface area contributed by atoms with Crippen molar-refractivity contribution in [2.24, 2.45) is 10.2 Å². The molecule has 0 radical (unpaired) electrons. The maximum atomic E-state index is 9.84. The van der Waals surface area contributed by atoms with Crippen LogP contribution in [0.1, 0.15) is 11.4 Å². The Bertz CT molecular complexity index is 619. The van der Waals surface area contributed by atoms with Gasteiger partial charge in [-0.15, -0.1) is 11.8 Å². The number of thioether (sulfide) groups is 1. The highest BCUT2D eigenvalue weighted by molar-refractivity contribution is 7.99. The van der Waals surface area contributed by atoms with Gasteiger partial charge in [0.25, 0.3) is 0 Å². The highest BCUT2D eigenvalue weighted by Gasteiger charge is 2.17. The van der Waals surface area contributed by atoms with Crippen molar-refractivity contribution >= 4 is 24.4 Å². The zero-order valence-electron chi connectivity index (χ0n) is 12.8. The molecule has 0 aromatic carbocycles. The Balaban J connectivity index is 2.85. The van der Waals surface area contributed by atoms with Crippen molar-refractivity contribution in [2.75, 3.05) is 24.6 Å². The predicted molar refractivity (Wildman–Crippen MR) is 94.1 cm³/mol. The van der Waals surface area contributed by atoms with Crippen LogP contribution in [0.3, 0.4) is 0 Å². The summed E-state index contributed by atoms with van der Waals surface area (Å²) in [5.74, 6) is 0.383. The molecular weight excluding hydrogens is 352 g/mol. The van der Waals surface area contributed by atoms with E-state index in [-0.39, 0.29) is 24.6 Å². The SMILES string of the molecule is [N-]=[N+]=NCCc1cnc(CCN=[N+]=[N-])c(SCC(O)C(O)CS)n1. The molecule has 130 valence electrons. The number of aromatic nitrogens is 2. The van der Waals surface area contributed by atoms with Crippen LogP contribution in [-0.4, -0.2) is 57.0 Å². The molecule has 2 N–H and O–H groups in total. The monoisotopic (exact) mass is 370 g/mol. The summed E-state index contributed by atoms with van der Waals surface area (Å²) in [6, 6.07) is 0. The van der Waals surface area contributed by atoms with Gasteiger partial charge in [0.15, 0.2) is 0 Å². The molecule has 0 saturated carbocycles. The summed E-state index contributed by atoms with van der Waals surface area (Å²) in [4.78, 5) is 14.1. The highest BCUT2D eigenvalue weighted by Crippen LogP contribution is 2.22. The van der Waals surface area contributed by atoms with E-state index in [1.165, 1.54) is 11.8 Å². The summed E-state index contributed by atoms with van der Waals surface area (Å²) >= 11 is 5.20. The molecule has 0 aliphatic rings. The van der Waals surface area contributed by atoms with Gasteiger partial charge in [-0.3, -0.25) is 4.98 Å². The largest absolute Gasteiger partial charge is 0.390 e. The minimum Gasteiger partial charge on any atom is -0.390 e. The highest BCUT2D eigenvalue weighted by atomic mass is 32.2. The molecule has 0 aliphatic carbocycles. The van der Waals surface area contributed by atoms with E-state index in [1.807, 2.05) is 0 Å². The van der Waals surface area contributed by atoms with Crippen LogP contribution in [0.25, 0.3) is 20.9 Å². The van der Waals surface area contributed by atoms with Crippen molar-refractivity contribution in [2.45, 2.75) is 30.1 Å². The number of hydrogen-bond donors (Lipinski definition) is 3. The third-order valence-electron chi connectivity index (χ3n) is 2.93. The second kappa shape index (κ2) is 11.8. The first-order valence-electron chi connectivity index (χ1n) is 7.08. The van der Waals surface area contributed by atoms with Crippen molar-refractivity contribution in [3.8, 4) is 0 Å². The topological polar surface area (TPSA) is 164 Å². The Labute approximate surface area is 148 Å². The minimum atomic E-state index is -0.939. The Morgan fingerprint density at radius 3 is 2.46 bits per heavy atom. The molecule has 1 rings (SSSR count). The number of aliphatic hydroxyl groups excluding tert-OH is 2. The van der Waals surface area contributed by atoms with E-state index >= 15 is 0 Å². The summed E-state index contributed by atoms with van der Waals surface area (Å²) in [6.07, 6.45) is 0.589. The molecule has 1 heterocycles. The predicted octanol–water partition coefficient (Wildman–Crippen LogP) is 1.93. The first kappa shape index (κ1) is 20.4. The van der Waals surface area contributed by atoms with Gasteiger partial charge >= 0.3 is 0 Å². The first-order valence-corrected chi connectivity index (χ1v) is 8.70. The summed E-state index contributed by atoms with van der Waals surface area (Å²) in [5.41, 5.74) is 18.0. The molecule has 0 aliphatic heterocycles. The van der Waals surface area contributed by atoms with Crippen LogP contribution in [0.15, 0.2) is 21.5 Å². The molecule has 2 unspecified atom stereocenters. The van der Waals surface area contributed by atoms with E-state index in [4.69, 9.17) is 11.1 Å². The average molecular weight is 370 g/mol. The van der Waals surface area contributed by atoms with E-state index in [2.05, 4.69) is 42.6 Å². The Morgan fingerprint density at radius 1 is 1.17 bits per heavy atom. The van der Waals surface area contributed by atoms with Crippen molar-refractivity contribution in [3.63, 3.8) is 0 Å². The molecule has 1 aromatic heterocycles. The van der Waals surface area contributed by atoms with Gasteiger partial charge in [-0.25, -0.2) is 4.98 Å². The van der Waals surface area contributed by atoms with Gasteiger partial charge in [-0.05, 0) is 23.9 Å². The van der Waals surface area contributed by atoms with Crippen molar-refractivity contribution < 1.29 is 10.2 Å². The summed E-state index contributed by atoms with van der Waals surface area (Å²) < 4.78 is 0. The smallest absolute Gasteiger partial charge is 0.118 e. The van der Waals surface area contributed by atoms with Gasteiger partial charge in [-0.1, -0.05) is 10.2 Å². The number of aliphatic hydroxyl groups is 2. The Hall–Kier alpha value is -1.68. The summed E-state index contributed by atoms with van der Waals surface area (Å²) in [5, 5.41) is 26.9. The third-order valence-corrected chi connectivity index (χ3v) is 4.41. The minimum absolute atomic E-state index is 0.156. The van der Waals surface area contributed by atoms with Crippen molar-refractivity contribution in [3.05, 3.63) is 38.5 Å². The van der Waals surface area contributed by atoms with E-state index in [0.29, 0.717) is 29.3 Å². The molecule has 0 spiro atoms. The molecule has 0 amide bonds. The van der Waals surface area contributed by atoms with Crippen molar-refractivity contribution in [1.29, 1.82) is 0 Å². The fourth-order valence-electron chi connectivity index (χ4n) is 1.65. The van der Waals surface area contributed by atoms with E-state index in [9.17, 15) is 10.2 Å².